The van der Waals surface area contributed by atoms with Crippen LogP contribution in [0.25, 0.3) is 0 Å². The minimum atomic E-state index is -4.48. The maximum absolute atomic E-state index is 12.9. The summed E-state index contributed by atoms with van der Waals surface area (Å²) in [5.41, 5.74) is -0.625. The molecule has 0 atom stereocenters. The minimum Gasteiger partial charge on any atom is -0.321 e. The molecule has 0 aliphatic heterocycles. The van der Waals surface area contributed by atoms with E-state index in [4.69, 9.17) is 0 Å². The number of carbonyl (C=O) groups is 2. The van der Waals surface area contributed by atoms with Crippen molar-refractivity contribution in [1.29, 1.82) is 0 Å². The summed E-state index contributed by atoms with van der Waals surface area (Å²) in [5, 5.41) is 5.73. The van der Waals surface area contributed by atoms with E-state index in [2.05, 4.69) is 10.6 Å². The van der Waals surface area contributed by atoms with Crippen molar-refractivity contribution in [2.75, 3.05) is 10.6 Å². The van der Waals surface area contributed by atoms with Crippen LogP contribution in [0.2, 0.25) is 0 Å². The van der Waals surface area contributed by atoms with E-state index in [0.717, 1.165) is 30.2 Å². The third kappa shape index (κ3) is 4.19. The molecule has 1 fully saturated rings. The molecule has 0 saturated heterocycles. The van der Waals surface area contributed by atoms with Crippen LogP contribution >= 0.6 is 11.3 Å². The smallest absolute Gasteiger partial charge is 0.321 e. The van der Waals surface area contributed by atoms with E-state index in [1.54, 1.807) is 6.07 Å². The Hall–Kier alpha value is -2.35. The molecule has 4 nitrogen and oxygen atoms in total. The molecular weight excluding hydrogens is 353 g/mol. The average Bonchev–Trinajstić information content (AvgIpc) is 3.28. The van der Waals surface area contributed by atoms with Gasteiger partial charge < -0.3 is 10.6 Å². The SMILES string of the molecule is Cc1ccc(NC(=O)c2ccc(NC(=O)C3CC3)s2)cc1C(F)(F)F. The van der Waals surface area contributed by atoms with E-state index >= 15 is 0 Å². The van der Waals surface area contributed by atoms with E-state index in [1.807, 2.05) is 0 Å². The minimum absolute atomic E-state index is 0.0488. The third-order valence-corrected chi connectivity index (χ3v) is 4.82. The summed E-state index contributed by atoms with van der Waals surface area (Å²) in [6.07, 6.45) is -2.73. The Morgan fingerprint density at radius 3 is 2.48 bits per heavy atom. The van der Waals surface area contributed by atoms with Crippen molar-refractivity contribution >= 4 is 33.8 Å². The van der Waals surface area contributed by atoms with Gasteiger partial charge in [0, 0.05) is 11.6 Å². The molecule has 2 N–H and O–H groups in total. The molecule has 25 heavy (non-hydrogen) atoms. The maximum Gasteiger partial charge on any atom is 0.416 e. The monoisotopic (exact) mass is 368 g/mol. The summed E-state index contributed by atoms with van der Waals surface area (Å²) >= 11 is 1.08. The summed E-state index contributed by atoms with van der Waals surface area (Å²) in [5.74, 6) is -0.538. The zero-order valence-corrected chi connectivity index (χ0v) is 14.1. The van der Waals surface area contributed by atoms with Gasteiger partial charge >= 0.3 is 6.18 Å². The number of hydrogen-bond acceptors (Lipinski definition) is 3. The van der Waals surface area contributed by atoms with Crippen molar-refractivity contribution in [2.45, 2.75) is 25.9 Å². The Morgan fingerprint density at radius 2 is 1.84 bits per heavy atom. The zero-order valence-electron chi connectivity index (χ0n) is 13.2. The Bertz CT molecular complexity index is 826. The number of thiophene rings is 1. The third-order valence-electron chi connectivity index (χ3n) is 3.83. The Balaban J connectivity index is 1.70. The normalized spacial score (nSPS) is 14.2. The first-order valence-corrected chi connectivity index (χ1v) is 8.45. The van der Waals surface area contributed by atoms with Crippen LogP contribution in [0.3, 0.4) is 0 Å². The van der Waals surface area contributed by atoms with Gasteiger partial charge in [-0.05, 0) is 49.6 Å². The standard InChI is InChI=1S/C17H15F3N2O2S/c1-9-2-5-11(8-12(9)17(18,19)20)21-16(24)13-6-7-14(25-13)22-15(23)10-3-4-10/h2,5-8,10H,3-4H2,1H3,(H,21,24)(H,22,23). The second kappa shape index (κ2) is 6.51. The van der Waals surface area contributed by atoms with Crippen molar-refractivity contribution in [3.8, 4) is 0 Å². The van der Waals surface area contributed by atoms with Gasteiger partial charge in [-0.2, -0.15) is 13.2 Å². The molecule has 1 aliphatic carbocycles. The number of alkyl halides is 3. The Morgan fingerprint density at radius 1 is 1.12 bits per heavy atom. The lowest BCUT2D eigenvalue weighted by Gasteiger charge is -2.12. The molecule has 0 bridgehead atoms. The first kappa shape index (κ1) is 17.5. The van der Waals surface area contributed by atoms with Crippen molar-refractivity contribution in [3.05, 3.63) is 46.3 Å². The highest BCUT2D eigenvalue weighted by Crippen LogP contribution is 2.34. The number of halogens is 3. The van der Waals surface area contributed by atoms with E-state index in [9.17, 15) is 22.8 Å². The highest BCUT2D eigenvalue weighted by Gasteiger charge is 2.32. The number of amides is 2. The quantitative estimate of drug-likeness (QED) is 0.823. The maximum atomic E-state index is 12.9. The van der Waals surface area contributed by atoms with Gasteiger partial charge in [0.2, 0.25) is 5.91 Å². The van der Waals surface area contributed by atoms with E-state index in [0.29, 0.717) is 9.88 Å². The zero-order chi connectivity index (χ0) is 18.2. The molecule has 1 heterocycles. The highest BCUT2D eigenvalue weighted by atomic mass is 32.1. The second-order valence-electron chi connectivity index (χ2n) is 5.91. The second-order valence-corrected chi connectivity index (χ2v) is 6.99. The van der Waals surface area contributed by atoms with Crippen molar-refractivity contribution < 1.29 is 22.8 Å². The predicted molar refractivity (Wildman–Crippen MR) is 89.8 cm³/mol. The molecular formula is C17H15F3N2O2S. The molecule has 2 amide bonds. The lowest BCUT2D eigenvalue weighted by Crippen LogP contribution is -2.13. The Labute approximate surface area is 146 Å². The summed E-state index contributed by atoms with van der Waals surface area (Å²) in [6, 6.07) is 6.79. The molecule has 3 rings (SSSR count). The van der Waals surface area contributed by atoms with E-state index in [1.165, 1.54) is 25.1 Å². The fourth-order valence-corrected chi connectivity index (χ4v) is 3.10. The lowest BCUT2D eigenvalue weighted by atomic mass is 10.1. The van der Waals surface area contributed by atoms with Gasteiger partial charge in [0.15, 0.2) is 0 Å². The van der Waals surface area contributed by atoms with Gasteiger partial charge in [0.1, 0.15) is 0 Å². The van der Waals surface area contributed by atoms with Crippen LogP contribution in [0, 0.1) is 12.8 Å². The summed E-state index contributed by atoms with van der Waals surface area (Å²) in [7, 11) is 0. The number of benzene rings is 1. The number of rotatable bonds is 4. The van der Waals surface area contributed by atoms with Crippen LogP contribution in [-0.2, 0) is 11.0 Å². The van der Waals surface area contributed by atoms with Crippen LogP contribution < -0.4 is 10.6 Å². The van der Waals surface area contributed by atoms with Gasteiger partial charge in [0.05, 0.1) is 15.4 Å². The highest BCUT2D eigenvalue weighted by molar-refractivity contribution is 7.18. The summed E-state index contributed by atoms with van der Waals surface area (Å²) in [4.78, 5) is 24.2. The first-order valence-electron chi connectivity index (χ1n) is 7.64. The van der Waals surface area contributed by atoms with Crippen molar-refractivity contribution in [2.24, 2.45) is 5.92 Å². The molecule has 1 saturated carbocycles. The Kier molecular flexibility index (Phi) is 4.55. The lowest BCUT2D eigenvalue weighted by molar-refractivity contribution is -0.138. The fraction of sp³-hybridized carbons (Fsp3) is 0.294. The number of anilines is 2. The fourth-order valence-electron chi connectivity index (χ4n) is 2.29. The molecule has 132 valence electrons. The number of nitrogens with one attached hydrogen (secondary N) is 2. The number of carbonyl (C=O) groups excluding carboxylic acids is 2. The van der Waals surface area contributed by atoms with Crippen molar-refractivity contribution in [3.63, 3.8) is 0 Å². The molecule has 0 spiro atoms. The van der Waals surface area contributed by atoms with Gasteiger partial charge in [-0.15, -0.1) is 11.3 Å². The van der Waals surface area contributed by atoms with Gasteiger partial charge in [0.25, 0.3) is 5.91 Å². The molecule has 8 heteroatoms. The predicted octanol–water partition coefficient (Wildman–Crippen LogP) is 4.68. The molecule has 1 aromatic heterocycles. The van der Waals surface area contributed by atoms with E-state index < -0.39 is 17.6 Å². The first-order chi connectivity index (χ1) is 11.7. The number of aryl methyl sites for hydroxylation is 1. The van der Waals surface area contributed by atoms with Crippen LogP contribution in [0.4, 0.5) is 23.9 Å². The largest absolute Gasteiger partial charge is 0.416 e. The average molecular weight is 368 g/mol. The van der Waals surface area contributed by atoms with Crippen LogP contribution in [-0.4, -0.2) is 11.8 Å². The molecule has 0 radical (unpaired) electrons. The summed E-state index contributed by atoms with van der Waals surface area (Å²) < 4.78 is 38.8. The molecule has 0 unspecified atom stereocenters. The van der Waals surface area contributed by atoms with Gasteiger partial charge in [-0.1, -0.05) is 6.07 Å². The molecule has 1 aromatic carbocycles. The van der Waals surface area contributed by atoms with Crippen molar-refractivity contribution in [1.82, 2.24) is 0 Å². The van der Waals surface area contributed by atoms with Gasteiger partial charge in [-0.25, -0.2) is 0 Å². The van der Waals surface area contributed by atoms with Crippen LogP contribution in [0.1, 0.15) is 33.6 Å². The molecule has 2 aromatic rings. The van der Waals surface area contributed by atoms with E-state index in [-0.39, 0.29) is 23.1 Å². The van der Waals surface area contributed by atoms with Crippen LogP contribution in [0.15, 0.2) is 30.3 Å². The molecule has 1 aliphatic rings. The number of hydrogen-bond donors (Lipinski definition) is 2. The van der Waals surface area contributed by atoms with Gasteiger partial charge in [-0.3, -0.25) is 9.59 Å². The topological polar surface area (TPSA) is 58.2 Å². The van der Waals surface area contributed by atoms with Crippen LogP contribution in [0.5, 0.6) is 0 Å². The summed E-state index contributed by atoms with van der Waals surface area (Å²) in [6.45, 7) is 1.36.